The first kappa shape index (κ1) is 19.1. The van der Waals surface area contributed by atoms with Crippen molar-refractivity contribution in [3.05, 3.63) is 63.1 Å². The van der Waals surface area contributed by atoms with Gasteiger partial charge in [0.2, 0.25) is 5.91 Å². The van der Waals surface area contributed by atoms with Gasteiger partial charge >= 0.3 is 0 Å². The van der Waals surface area contributed by atoms with Crippen molar-refractivity contribution in [1.82, 2.24) is 0 Å². The Morgan fingerprint density at radius 3 is 2.50 bits per heavy atom. The summed E-state index contributed by atoms with van der Waals surface area (Å²) in [6, 6.07) is 10.7. The number of benzene rings is 2. The van der Waals surface area contributed by atoms with E-state index in [1.165, 1.54) is 12.5 Å². The minimum Gasteiger partial charge on any atom is -0.369 e. The number of carbonyl (C=O) groups excluding carboxylic acids is 1. The maximum atomic E-state index is 12.4. The van der Waals surface area contributed by atoms with Crippen LogP contribution in [-0.4, -0.2) is 19.0 Å². The molecule has 136 valence electrons. The fourth-order valence-corrected chi connectivity index (χ4v) is 3.80. The third-order valence-corrected chi connectivity index (χ3v) is 5.16. The van der Waals surface area contributed by atoms with Crippen LogP contribution in [0.15, 0.2) is 42.5 Å². The minimum absolute atomic E-state index is 0.239. The second kappa shape index (κ2) is 8.81. The number of carbonyl (C=O) groups is 1. The van der Waals surface area contributed by atoms with Gasteiger partial charge < -0.3 is 10.2 Å². The molecule has 1 saturated heterocycles. The van der Waals surface area contributed by atoms with E-state index in [0.717, 1.165) is 42.9 Å². The highest BCUT2D eigenvalue weighted by molar-refractivity contribution is 6.35. The molecule has 6 heteroatoms. The number of halogens is 3. The van der Waals surface area contributed by atoms with E-state index in [1.807, 2.05) is 18.2 Å². The summed E-state index contributed by atoms with van der Waals surface area (Å²) < 4.78 is 0. The van der Waals surface area contributed by atoms with Gasteiger partial charge in [0.1, 0.15) is 0 Å². The van der Waals surface area contributed by atoms with Gasteiger partial charge in [-0.15, -0.1) is 0 Å². The monoisotopic (exact) mass is 408 g/mol. The zero-order valence-electron chi connectivity index (χ0n) is 14.1. The van der Waals surface area contributed by atoms with Gasteiger partial charge in [-0.1, -0.05) is 46.9 Å². The van der Waals surface area contributed by atoms with Gasteiger partial charge in [-0.3, -0.25) is 4.79 Å². The van der Waals surface area contributed by atoms with Crippen LogP contribution in [0.25, 0.3) is 6.08 Å². The highest BCUT2D eigenvalue weighted by Gasteiger charge is 2.18. The molecule has 0 unspecified atom stereocenters. The first-order valence-electron chi connectivity index (χ1n) is 8.52. The Morgan fingerprint density at radius 1 is 1.00 bits per heavy atom. The number of piperidine rings is 1. The summed E-state index contributed by atoms with van der Waals surface area (Å²) in [4.78, 5) is 14.6. The Labute approximate surface area is 168 Å². The minimum atomic E-state index is -0.239. The number of hydrogen-bond donors (Lipinski definition) is 1. The summed E-state index contributed by atoms with van der Waals surface area (Å²) in [6.07, 6.45) is 6.61. The van der Waals surface area contributed by atoms with Crippen molar-refractivity contribution in [2.24, 2.45) is 0 Å². The number of rotatable bonds is 4. The van der Waals surface area contributed by atoms with E-state index in [1.54, 1.807) is 24.3 Å². The number of hydrogen-bond acceptors (Lipinski definition) is 2. The van der Waals surface area contributed by atoms with Crippen molar-refractivity contribution >= 4 is 58.2 Å². The average Bonchev–Trinajstić information content (AvgIpc) is 2.62. The molecular formula is C20H19Cl3N2O. The zero-order valence-corrected chi connectivity index (χ0v) is 16.4. The fraction of sp³-hybridized carbons (Fsp3) is 0.250. The standard InChI is InChI=1S/C20H19Cl3N2O/c21-15-9-7-14(17(23)13-15)8-10-19(26)24-18-6-4-5-16(22)20(18)25-11-2-1-3-12-25/h4-10,13H,1-3,11-12H2,(H,24,26)/b10-8+. The number of nitrogens with zero attached hydrogens (tertiary/aromatic N) is 1. The van der Waals surface area contributed by atoms with E-state index in [4.69, 9.17) is 34.8 Å². The van der Waals surface area contributed by atoms with Crippen LogP contribution in [0.2, 0.25) is 15.1 Å². The number of anilines is 2. The van der Waals surface area contributed by atoms with Crippen LogP contribution in [0.5, 0.6) is 0 Å². The predicted molar refractivity (Wildman–Crippen MR) is 112 cm³/mol. The first-order chi connectivity index (χ1) is 12.5. The van der Waals surface area contributed by atoms with Crippen molar-refractivity contribution in [1.29, 1.82) is 0 Å². The molecule has 2 aromatic rings. The summed E-state index contributed by atoms with van der Waals surface area (Å²) in [6.45, 7) is 1.89. The van der Waals surface area contributed by atoms with Crippen LogP contribution in [0.3, 0.4) is 0 Å². The van der Waals surface area contributed by atoms with Crippen LogP contribution in [0.4, 0.5) is 11.4 Å². The largest absolute Gasteiger partial charge is 0.369 e. The molecule has 26 heavy (non-hydrogen) atoms. The Bertz CT molecular complexity index is 830. The molecule has 3 rings (SSSR count). The van der Waals surface area contributed by atoms with Gasteiger partial charge in [0, 0.05) is 29.2 Å². The third-order valence-electron chi connectivity index (χ3n) is 4.29. The molecule has 2 aromatic carbocycles. The van der Waals surface area contributed by atoms with Crippen molar-refractivity contribution < 1.29 is 4.79 Å². The highest BCUT2D eigenvalue weighted by Crippen LogP contribution is 2.35. The van der Waals surface area contributed by atoms with Gasteiger partial charge in [-0.2, -0.15) is 0 Å². The van der Waals surface area contributed by atoms with Crippen molar-refractivity contribution in [2.45, 2.75) is 19.3 Å². The molecule has 0 saturated carbocycles. The Balaban J connectivity index is 1.77. The van der Waals surface area contributed by atoms with Gasteiger partial charge in [0.25, 0.3) is 0 Å². The van der Waals surface area contributed by atoms with Gasteiger partial charge in [-0.25, -0.2) is 0 Å². The van der Waals surface area contributed by atoms with E-state index < -0.39 is 0 Å². The van der Waals surface area contributed by atoms with Crippen LogP contribution < -0.4 is 10.2 Å². The Kier molecular flexibility index (Phi) is 6.47. The molecule has 0 aromatic heterocycles. The molecule has 1 aliphatic rings. The lowest BCUT2D eigenvalue weighted by Gasteiger charge is -2.31. The molecule has 1 fully saturated rings. The molecule has 1 N–H and O–H groups in total. The quantitative estimate of drug-likeness (QED) is 0.602. The molecule has 1 amide bonds. The number of nitrogens with one attached hydrogen (secondary N) is 1. The number of para-hydroxylation sites is 1. The molecular weight excluding hydrogens is 391 g/mol. The molecule has 0 spiro atoms. The molecule has 0 atom stereocenters. The van der Waals surface area contributed by atoms with E-state index >= 15 is 0 Å². The molecule has 0 radical (unpaired) electrons. The van der Waals surface area contributed by atoms with E-state index in [9.17, 15) is 4.79 Å². The van der Waals surface area contributed by atoms with Crippen LogP contribution in [-0.2, 0) is 4.79 Å². The SMILES string of the molecule is O=C(/C=C/c1ccc(Cl)cc1Cl)Nc1cccc(Cl)c1N1CCCCC1. The molecule has 0 bridgehead atoms. The summed E-state index contributed by atoms with van der Waals surface area (Å²) in [5.74, 6) is -0.239. The zero-order chi connectivity index (χ0) is 18.5. The summed E-state index contributed by atoms with van der Waals surface area (Å²) in [7, 11) is 0. The van der Waals surface area contributed by atoms with Crippen LogP contribution in [0.1, 0.15) is 24.8 Å². The van der Waals surface area contributed by atoms with Crippen LogP contribution in [0, 0.1) is 0 Å². The maximum Gasteiger partial charge on any atom is 0.248 e. The van der Waals surface area contributed by atoms with Crippen LogP contribution >= 0.6 is 34.8 Å². The Morgan fingerprint density at radius 2 is 1.77 bits per heavy atom. The molecule has 0 aliphatic carbocycles. The lowest BCUT2D eigenvalue weighted by Crippen LogP contribution is -2.30. The molecule has 1 aliphatic heterocycles. The van der Waals surface area contributed by atoms with Gasteiger partial charge in [0.05, 0.1) is 16.4 Å². The molecule has 3 nitrogen and oxygen atoms in total. The summed E-state index contributed by atoms with van der Waals surface area (Å²) in [5, 5.41) is 4.63. The predicted octanol–water partition coefficient (Wildman–Crippen LogP) is 6.29. The topological polar surface area (TPSA) is 32.3 Å². The normalized spacial score (nSPS) is 14.7. The van der Waals surface area contributed by atoms with Gasteiger partial charge in [-0.05, 0) is 55.2 Å². The van der Waals surface area contributed by atoms with Crippen molar-refractivity contribution in [3.63, 3.8) is 0 Å². The maximum absolute atomic E-state index is 12.4. The lowest BCUT2D eigenvalue weighted by atomic mass is 10.1. The summed E-state index contributed by atoms with van der Waals surface area (Å²) in [5.41, 5.74) is 2.34. The van der Waals surface area contributed by atoms with Crippen molar-refractivity contribution in [3.8, 4) is 0 Å². The first-order valence-corrected chi connectivity index (χ1v) is 9.65. The smallest absolute Gasteiger partial charge is 0.248 e. The van der Waals surface area contributed by atoms with E-state index in [-0.39, 0.29) is 5.91 Å². The van der Waals surface area contributed by atoms with Crippen molar-refractivity contribution in [2.75, 3.05) is 23.3 Å². The second-order valence-corrected chi connectivity index (χ2v) is 7.42. The van der Waals surface area contributed by atoms with Gasteiger partial charge in [0.15, 0.2) is 0 Å². The Hall–Kier alpha value is -1.68. The third kappa shape index (κ3) is 4.73. The fourth-order valence-electron chi connectivity index (χ4n) is 3.03. The number of amides is 1. The van der Waals surface area contributed by atoms with E-state index in [2.05, 4.69) is 10.2 Å². The second-order valence-electron chi connectivity index (χ2n) is 6.17. The molecule has 1 heterocycles. The highest BCUT2D eigenvalue weighted by atomic mass is 35.5. The van der Waals surface area contributed by atoms with E-state index in [0.29, 0.717) is 15.1 Å². The summed E-state index contributed by atoms with van der Waals surface area (Å²) >= 11 is 18.4. The average molecular weight is 410 g/mol. The lowest BCUT2D eigenvalue weighted by molar-refractivity contribution is -0.111.